The molecule has 7 aromatic carbocycles. The van der Waals surface area contributed by atoms with Crippen molar-refractivity contribution < 1.29 is 13.6 Å². The number of ether oxygens (including phenoxy) is 1. The number of para-hydroxylation sites is 5. The zero-order chi connectivity index (χ0) is 36.0. The SMILES string of the molecule is c1ccc(N2CN(c3cc(Oc4ccc5c6ccccc6n(-c6ccccn6)c5c4)c4oc5ccc6oc7ccccc7c6c5c4c3)c3ccccc32)cc1. The van der Waals surface area contributed by atoms with E-state index in [-0.39, 0.29) is 0 Å². The zero-order valence-electron chi connectivity index (χ0n) is 29.4. The van der Waals surface area contributed by atoms with Crippen molar-refractivity contribution in [2.75, 3.05) is 16.5 Å². The molecular formula is C48H30N4O3. The molecule has 0 N–H and O–H groups in total. The molecule has 260 valence electrons. The van der Waals surface area contributed by atoms with Gasteiger partial charge in [-0.15, -0.1) is 0 Å². The molecule has 0 aliphatic carbocycles. The van der Waals surface area contributed by atoms with Crippen LogP contribution in [0.3, 0.4) is 0 Å². The molecule has 0 spiro atoms. The fourth-order valence-electron chi connectivity index (χ4n) is 8.51. The van der Waals surface area contributed by atoms with Gasteiger partial charge < -0.3 is 23.4 Å². The molecule has 0 saturated heterocycles. The van der Waals surface area contributed by atoms with Gasteiger partial charge in [0.15, 0.2) is 11.3 Å². The number of fused-ring (bicyclic) bond motifs is 11. The van der Waals surface area contributed by atoms with Crippen molar-refractivity contribution in [2.45, 2.75) is 0 Å². The number of pyridine rings is 1. The maximum absolute atomic E-state index is 7.01. The highest BCUT2D eigenvalue weighted by Gasteiger charge is 2.30. The molecule has 0 saturated carbocycles. The van der Waals surface area contributed by atoms with Crippen LogP contribution in [-0.4, -0.2) is 16.2 Å². The molecule has 1 aliphatic rings. The monoisotopic (exact) mass is 710 g/mol. The van der Waals surface area contributed by atoms with Gasteiger partial charge in [-0.05, 0) is 78.9 Å². The van der Waals surface area contributed by atoms with Gasteiger partial charge in [0.05, 0.1) is 22.4 Å². The van der Waals surface area contributed by atoms with Gasteiger partial charge >= 0.3 is 0 Å². The summed E-state index contributed by atoms with van der Waals surface area (Å²) in [5, 5.41) is 6.32. The van der Waals surface area contributed by atoms with E-state index < -0.39 is 0 Å². The molecular weight excluding hydrogens is 681 g/mol. The summed E-state index contributed by atoms with van der Waals surface area (Å²) in [7, 11) is 0. The van der Waals surface area contributed by atoms with E-state index in [9.17, 15) is 0 Å². The number of hydrogen-bond donors (Lipinski definition) is 0. The van der Waals surface area contributed by atoms with Gasteiger partial charge in [0.1, 0.15) is 35.0 Å². The van der Waals surface area contributed by atoms with Crippen molar-refractivity contribution in [3.8, 4) is 17.3 Å². The highest BCUT2D eigenvalue weighted by molar-refractivity contribution is 6.26. The number of benzene rings is 7. The third kappa shape index (κ3) is 4.47. The number of nitrogens with zero attached hydrogens (tertiary/aromatic N) is 4. The largest absolute Gasteiger partial charge is 0.456 e. The van der Waals surface area contributed by atoms with Crippen molar-refractivity contribution in [3.05, 3.63) is 170 Å². The van der Waals surface area contributed by atoms with E-state index in [4.69, 9.17) is 18.6 Å². The van der Waals surface area contributed by atoms with E-state index >= 15 is 0 Å². The molecule has 0 atom stereocenters. The lowest BCUT2D eigenvalue weighted by atomic mass is 10.0. The number of furan rings is 2. The van der Waals surface area contributed by atoms with Gasteiger partial charge in [0, 0.05) is 62.0 Å². The summed E-state index contributed by atoms with van der Waals surface area (Å²) < 4.78 is 22.3. The molecule has 7 nitrogen and oxygen atoms in total. The first-order chi connectivity index (χ1) is 27.3. The Morgan fingerprint density at radius 2 is 1.18 bits per heavy atom. The molecule has 0 radical (unpaired) electrons. The van der Waals surface area contributed by atoms with Crippen LogP contribution >= 0.6 is 0 Å². The first kappa shape index (κ1) is 30.0. The second kappa shape index (κ2) is 11.5. The number of aromatic nitrogens is 2. The molecule has 0 unspecified atom stereocenters. The summed E-state index contributed by atoms with van der Waals surface area (Å²) >= 11 is 0. The summed E-state index contributed by atoms with van der Waals surface area (Å²) in [6.45, 7) is 0.629. The Labute approximate surface area is 314 Å². The van der Waals surface area contributed by atoms with Crippen molar-refractivity contribution in [3.63, 3.8) is 0 Å². The van der Waals surface area contributed by atoms with Crippen molar-refractivity contribution in [1.29, 1.82) is 0 Å². The number of hydrogen-bond acceptors (Lipinski definition) is 6. The molecule has 11 aromatic rings. The topological polar surface area (TPSA) is 59.8 Å². The summed E-state index contributed by atoms with van der Waals surface area (Å²) in [5.41, 5.74) is 9.58. The third-order valence-electron chi connectivity index (χ3n) is 10.9. The zero-order valence-corrected chi connectivity index (χ0v) is 29.4. The van der Waals surface area contributed by atoms with Gasteiger partial charge in [-0.25, -0.2) is 4.98 Å². The molecule has 0 bridgehead atoms. The summed E-state index contributed by atoms with van der Waals surface area (Å²) in [4.78, 5) is 9.43. The highest BCUT2D eigenvalue weighted by atomic mass is 16.5. The Balaban J connectivity index is 1.09. The minimum atomic E-state index is 0.625. The second-order valence-electron chi connectivity index (χ2n) is 14.0. The van der Waals surface area contributed by atoms with Crippen LogP contribution in [0, 0.1) is 0 Å². The van der Waals surface area contributed by atoms with Gasteiger partial charge in [-0.2, -0.15) is 0 Å². The molecule has 1 aliphatic heterocycles. The highest BCUT2D eigenvalue weighted by Crippen LogP contribution is 2.49. The fraction of sp³-hybridized carbons (Fsp3) is 0.0208. The van der Waals surface area contributed by atoms with Crippen LogP contribution in [0.25, 0.3) is 71.5 Å². The molecule has 5 heterocycles. The lowest BCUT2D eigenvalue weighted by molar-refractivity contribution is 0.477. The van der Waals surface area contributed by atoms with Crippen molar-refractivity contribution in [2.24, 2.45) is 0 Å². The Morgan fingerprint density at radius 3 is 2.02 bits per heavy atom. The number of rotatable bonds is 5. The van der Waals surface area contributed by atoms with E-state index in [1.807, 2.05) is 54.7 Å². The predicted molar refractivity (Wildman–Crippen MR) is 222 cm³/mol. The standard InChI is InChI=1S/C48H30N4O3/c1-2-12-30(13-3-1)50-29-51(39-18-8-7-17-38(39)50)31-26-36-47-43(24-23-42-46(47)35-15-5-9-19-41(35)54-42)55-48(36)44(27-31)53-32-21-22-34-33-14-4-6-16-37(33)52(40(34)28-32)45-20-10-11-25-49-45/h1-28H,29H2. The van der Waals surface area contributed by atoms with Gasteiger partial charge in [-0.1, -0.05) is 72.8 Å². The second-order valence-corrected chi connectivity index (χ2v) is 14.0. The molecule has 0 fully saturated rings. The van der Waals surface area contributed by atoms with Crippen LogP contribution in [0.15, 0.2) is 179 Å². The molecule has 55 heavy (non-hydrogen) atoms. The summed E-state index contributed by atoms with van der Waals surface area (Å²) in [6.07, 6.45) is 1.83. The van der Waals surface area contributed by atoms with Crippen LogP contribution in [0.1, 0.15) is 0 Å². The maximum Gasteiger partial charge on any atom is 0.178 e. The minimum Gasteiger partial charge on any atom is -0.456 e. The first-order valence-corrected chi connectivity index (χ1v) is 18.4. The van der Waals surface area contributed by atoms with E-state index in [2.05, 4.69) is 130 Å². The maximum atomic E-state index is 7.01. The molecule has 12 rings (SSSR count). The average Bonchev–Trinajstić information content (AvgIpc) is 4.00. The van der Waals surface area contributed by atoms with E-state index in [0.717, 1.165) is 88.7 Å². The molecule has 7 heteroatoms. The molecule has 4 aromatic heterocycles. The average molecular weight is 711 g/mol. The number of anilines is 4. The van der Waals surface area contributed by atoms with E-state index in [1.54, 1.807) is 0 Å². The van der Waals surface area contributed by atoms with Gasteiger partial charge in [0.2, 0.25) is 0 Å². The van der Waals surface area contributed by atoms with E-state index in [1.165, 1.54) is 0 Å². The van der Waals surface area contributed by atoms with Crippen LogP contribution in [0.4, 0.5) is 22.7 Å². The lowest BCUT2D eigenvalue weighted by Crippen LogP contribution is -2.23. The quantitative estimate of drug-likeness (QED) is 0.177. The summed E-state index contributed by atoms with van der Waals surface area (Å²) in [6, 6.07) is 56.4. The Hall–Kier alpha value is -7.51. The Kier molecular flexibility index (Phi) is 6.27. The van der Waals surface area contributed by atoms with Crippen LogP contribution in [0.5, 0.6) is 11.5 Å². The summed E-state index contributed by atoms with van der Waals surface area (Å²) in [5.74, 6) is 2.16. The Bertz CT molecular complexity index is 3290. The van der Waals surface area contributed by atoms with Gasteiger partial charge in [-0.3, -0.25) is 4.57 Å². The molecule has 0 amide bonds. The van der Waals surface area contributed by atoms with E-state index in [0.29, 0.717) is 23.8 Å². The normalized spacial score (nSPS) is 12.9. The fourth-order valence-corrected chi connectivity index (χ4v) is 8.51. The van der Waals surface area contributed by atoms with Crippen LogP contribution in [-0.2, 0) is 0 Å². The van der Waals surface area contributed by atoms with Crippen LogP contribution in [0.2, 0.25) is 0 Å². The predicted octanol–water partition coefficient (Wildman–Crippen LogP) is 13.0. The smallest absolute Gasteiger partial charge is 0.178 e. The van der Waals surface area contributed by atoms with Crippen LogP contribution < -0.4 is 14.5 Å². The van der Waals surface area contributed by atoms with Crippen molar-refractivity contribution >= 4 is 88.4 Å². The lowest BCUT2D eigenvalue weighted by Gasteiger charge is -2.22. The van der Waals surface area contributed by atoms with Gasteiger partial charge in [0.25, 0.3) is 0 Å². The first-order valence-electron chi connectivity index (χ1n) is 18.4. The minimum absolute atomic E-state index is 0.625. The van der Waals surface area contributed by atoms with Crippen molar-refractivity contribution in [1.82, 2.24) is 9.55 Å². The third-order valence-corrected chi connectivity index (χ3v) is 10.9. The Morgan fingerprint density at radius 1 is 0.491 bits per heavy atom.